The van der Waals surface area contributed by atoms with Crippen molar-refractivity contribution in [2.45, 2.75) is 53.1 Å². The van der Waals surface area contributed by atoms with Crippen LogP contribution in [-0.2, 0) is 10.2 Å². The predicted octanol–water partition coefficient (Wildman–Crippen LogP) is 5.01. The van der Waals surface area contributed by atoms with Crippen molar-refractivity contribution in [1.29, 1.82) is 0 Å². The number of rotatable bonds is 4. The van der Waals surface area contributed by atoms with E-state index in [1.807, 2.05) is 56.3 Å². The summed E-state index contributed by atoms with van der Waals surface area (Å²) in [4.78, 5) is 12.5. The quantitative estimate of drug-likeness (QED) is 0.858. The third kappa shape index (κ3) is 4.16. The van der Waals surface area contributed by atoms with E-state index in [2.05, 4.69) is 26.1 Å². The lowest BCUT2D eigenvalue weighted by Crippen LogP contribution is -2.31. The van der Waals surface area contributed by atoms with Gasteiger partial charge in [0, 0.05) is 5.69 Å². The Morgan fingerprint density at radius 1 is 1.00 bits per heavy atom. The van der Waals surface area contributed by atoms with Crippen LogP contribution in [0.5, 0.6) is 5.75 Å². The molecule has 0 aliphatic carbocycles. The standard InChI is InChI=1S/C21H27NO2/c1-14-10-9-11-15(2)19(14)22-20(23)16(3)24-18-13-8-7-12-17(18)21(4,5)6/h7-13,16H,1-6H3,(H,22,23). The van der Waals surface area contributed by atoms with E-state index >= 15 is 0 Å². The van der Waals surface area contributed by atoms with Gasteiger partial charge in [0.05, 0.1) is 0 Å². The van der Waals surface area contributed by atoms with Gasteiger partial charge < -0.3 is 10.1 Å². The summed E-state index contributed by atoms with van der Waals surface area (Å²) in [6.07, 6.45) is -0.576. The zero-order chi connectivity index (χ0) is 17.9. The van der Waals surface area contributed by atoms with Gasteiger partial charge in [-0.1, -0.05) is 57.2 Å². The second kappa shape index (κ2) is 7.08. The van der Waals surface area contributed by atoms with Gasteiger partial charge in [-0.2, -0.15) is 0 Å². The number of amides is 1. The molecule has 128 valence electrons. The maximum Gasteiger partial charge on any atom is 0.265 e. The first-order valence-electron chi connectivity index (χ1n) is 8.33. The number of nitrogens with one attached hydrogen (secondary N) is 1. The summed E-state index contributed by atoms with van der Waals surface area (Å²) in [5, 5.41) is 2.99. The third-order valence-corrected chi connectivity index (χ3v) is 4.10. The monoisotopic (exact) mass is 325 g/mol. The highest BCUT2D eigenvalue weighted by Crippen LogP contribution is 2.31. The summed E-state index contributed by atoms with van der Waals surface area (Å²) in [5.74, 6) is 0.616. The summed E-state index contributed by atoms with van der Waals surface area (Å²) in [6, 6.07) is 13.9. The first-order valence-corrected chi connectivity index (χ1v) is 8.33. The van der Waals surface area contributed by atoms with Crippen LogP contribution in [0.2, 0.25) is 0 Å². The molecule has 3 heteroatoms. The summed E-state index contributed by atoms with van der Waals surface area (Å²) in [7, 11) is 0. The maximum absolute atomic E-state index is 12.5. The molecule has 0 bridgehead atoms. The van der Waals surface area contributed by atoms with E-state index in [1.54, 1.807) is 6.92 Å². The molecule has 1 atom stereocenters. The van der Waals surface area contributed by atoms with Crippen LogP contribution >= 0.6 is 0 Å². The fourth-order valence-corrected chi connectivity index (χ4v) is 2.67. The SMILES string of the molecule is Cc1cccc(C)c1NC(=O)C(C)Oc1ccccc1C(C)(C)C. The Kier molecular flexibility index (Phi) is 5.33. The van der Waals surface area contributed by atoms with Crippen LogP contribution in [0.1, 0.15) is 44.4 Å². The fourth-order valence-electron chi connectivity index (χ4n) is 2.67. The van der Waals surface area contributed by atoms with Gasteiger partial charge in [0.1, 0.15) is 5.75 Å². The largest absolute Gasteiger partial charge is 0.481 e. The predicted molar refractivity (Wildman–Crippen MR) is 99.8 cm³/mol. The Balaban J connectivity index is 2.16. The van der Waals surface area contributed by atoms with E-state index < -0.39 is 6.10 Å². The molecule has 0 saturated carbocycles. The highest BCUT2D eigenvalue weighted by Gasteiger charge is 2.22. The van der Waals surface area contributed by atoms with Crippen LogP contribution in [0.25, 0.3) is 0 Å². The first kappa shape index (κ1) is 18.1. The lowest BCUT2D eigenvalue weighted by molar-refractivity contribution is -0.122. The van der Waals surface area contributed by atoms with E-state index in [-0.39, 0.29) is 11.3 Å². The third-order valence-electron chi connectivity index (χ3n) is 4.10. The Bertz CT molecular complexity index is 709. The Morgan fingerprint density at radius 3 is 2.17 bits per heavy atom. The van der Waals surface area contributed by atoms with Crippen LogP contribution in [-0.4, -0.2) is 12.0 Å². The Labute approximate surface area is 145 Å². The molecule has 0 heterocycles. The van der Waals surface area contributed by atoms with E-state index in [9.17, 15) is 4.79 Å². The normalized spacial score (nSPS) is 12.6. The lowest BCUT2D eigenvalue weighted by Gasteiger charge is -2.24. The number of ether oxygens (including phenoxy) is 1. The Hall–Kier alpha value is -2.29. The number of hydrogen-bond donors (Lipinski definition) is 1. The van der Waals surface area contributed by atoms with Gasteiger partial charge in [-0.25, -0.2) is 0 Å². The van der Waals surface area contributed by atoms with Crippen molar-refractivity contribution in [2.75, 3.05) is 5.32 Å². The molecule has 2 aromatic rings. The van der Waals surface area contributed by atoms with E-state index in [1.165, 1.54) is 0 Å². The van der Waals surface area contributed by atoms with Crippen molar-refractivity contribution in [3.8, 4) is 5.75 Å². The molecule has 1 unspecified atom stereocenters. The second-order valence-corrected chi connectivity index (χ2v) is 7.26. The van der Waals surface area contributed by atoms with Crippen LogP contribution < -0.4 is 10.1 Å². The molecular formula is C21H27NO2. The maximum atomic E-state index is 12.5. The number of benzene rings is 2. The van der Waals surface area contributed by atoms with E-state index in [0.717, 1.165) is 28.1 Å². The molecule has 3 nitrogen and oxygen atoms in total. The van der Waals surface area contributed by atoms with Gasteiger partial charge in [0.2, 0.25) is 0 Å². The number of carbonyl (C=O) groups is 1. The minimum atomic E-state index is -0.576. The highest BCUT2D eigenvalue weighted by molar-refractivity contribution is 5.95. The van der Waals surface area contributed by atoms with E-state index in [0.29, 0.717) is 0 Å². The molecule has 2 aromatic carbocycles. The van der Waals surface area contributed by atoms with Gasteiger partial charge >= 0.3 is 0 Å². The van der Waals surface area contributed by atoms with Crippen molar-refractivity contribution in [2.24, 2.45) is 0 Å². The molecule has 2 rings (SSSR count). The highest BCUT2D eigenvalue weighted by atomic mass is 16.5. The van der Waals surface area contributed by atoms with Crippen molar-refractivity contribution < 1.29 is 9.53 Å². The summed E-state index contributed by atoms with van der Waals surface area (Å²) >= 11 is 0. The molecule has 0 fully saturated rings. The molecule has 1 amide bonds. The topological polar surface area (TPSA) is 38.3 Å². The molecule has 1 N–H and O–H groups in total. The van der Waals surface area contributed by atoms with E-state index in [4.69, 9.17) is 4.74 Å². The van der Waals surface area contributed by atoms with Crippen LogP contribution in [0.15, 0.2) is 42.5 Å². The molecule has 24 heavy (non-hydrogen) atoms. The number of para-hydroxylation sites is 2. The second-order valence-electron chi connectivity index (χ2n) is 7.26. The fraction of sp³-hybridized carbons (Fsp3) is 0.381. The van der Waals surface area contributed by atoms with Gasteiger partial charge in [-0.15, -0.1) is 0 Å². The zero-order valence-corrected chi connectivity index (χ0v) is 15.4. The van der Waals surface area contributed by atoms with Gasteiger partial charge in [-0.05, 0) is 48.9 Å². The van der Waals surface area contributed by atoms with Gasteiger partial charge in [0.25, 0.3) is 5.91 Å². The lowest BCUT2D eigenvalue weighted by atomic mass is 9.86. The molecule has 0 radical (unpaired) electrons. The molecule has 0 aromatic heterocycles. The van der Waals surface area contributed by atoms with Crippen LogP contribution in [0.4, 0.5) is 5.69 Å². The number of hydrogen-bond acceptors (Lipinski definition) is 2. The summed E-state index contributed by atoms with van der Waals surface area (Å²) in [5.41, 5.74) is 4.01. The smallest absolute Gasteiger partial charge is 0.265 e. The number of anilines is 1. The number of aryl methyl sites for hydroxylation is 2. The first-order chi connectivity index (χ1) is 11.2. The van der Waals surface area contributed by atoms with Crippen molar-refractivity contribution in [1.82, 2.24) is 0 Å². The molecule has 0 spiro atoms. The number of carbonyl (C=O) groups excluding carboxylic acids is 1. The minimum absolute atomic E-state index is 0.0423. The Morgan fingerprint density at radius 2 is 1.58 bits per heavy atom. The average Bonchev–Trinajstić information content (AvgIpc) is 2.50. The minimum Gasteiger partial charge on any atom is -0.481 e. The van der Waals surface area contributed by atoms with Crippen molar-refractivity contribution >= 4 is 11.6 Å². The summed E-state index contributed by atoms with van der Waals surface area (Å²) in [6.45, 7) is 12.2. The van der Waals surface area contributed by atoms with Crippen molar-refractivity contribution in [3.05, 3.63) is 59.2 Å². The van der Waals surface area contributed by atoms with Crippen molar-refractivity contribution in [3.63, 3.8) is 0 Å². The molecule has 0 aliphatic heterocycles. The van der Waals surface area contributed by atoms with Crippen LogP contribution in [0.3, 0.4) is 0 Å². The molecule has 0 aliphatic rings. The average molecular weight is 325 g/mol. The van der Waals surface area contributed by atoms with Crippen LogP contribution in [0, 0.1) is 13.8 Å². The molecular weight excluding hydrogens is 298 g/mol. The van der Waals surface area contributed by atoms with Gasteiger partial charge in [-0.3, -0.25) is 4.79 Å². The summed E-state index contributed by atoms with van der Waals surface area (Å²) < 4.78 is 5.97. The molecule has 0 saturated heterocycles. The van der Waals surface area contributed by atoms with Gasteiger partial charge in [0.15, 0.2) is 6.10 Å². The zero-order valence-electron chi connectivity index (χ0n) is 15.4.